The van der Waals surface area contributed by atoms with Crippen LogP contribution in [0.25, 0.3) is 10.9 Å². The fourth-order valence-electron chi connectivity index (χ4n) is 4.18. The van der Waals surface area contributed by atoms with E-state index in [2.05, 4.69) is 4.98 Å². The Bertz CT molecular complexity index is 1280. The SMILES string of the molecule is COc1ccc(S(=O)(=O)N(Cc2cc3c(C)cc(C)cc3[nH]c2=O)C[C@H]2CCCO2)cc1. The molecule has 2 aromatic carbocycles. The number of hydrogen-bond acceptors (Lipinski definition) is 5. The topological polar surface area (TPSA) is 88.7 Å². The Hall–Kier alpha value is -2.68. The number of ether oxygens (including phenoxy) is 2. The van der Waals surface area contributed by atoms with Gasteiger partial charge in [0.2, 0.25) is 10.0 Å². The molecule has 0 unspecified atom stereocenters. The first-order valence-corrected chi connectivity index (χ1v) is 12.1. The number of rotatable bonds is 7. The minimum atomic E-state index is -3.85. The summed E-state index contributed by atoms with van der Waals surface area (Å²) in [5, 5.41) is 0.907. The van der Waals surface area contributed by atoms with E-state index in [0.29, 0.717) is 17.9 Å². The van der Waals surface area contributed by atoms with Gasteiger partial charge in [0.15, 0.2) is 0 Å². The van der Waals surface area contributed by atoms with Crippen LogP contribution in [0, 0.1) is 13.8 Å². The maximum atomic E-state index is 13.5. The highest BCUT2D eigenvalue weighted by Gasteiger charge is 2.30. The van der Waals surface area contributed by atoms with E-state index in [0.717, 1.165) is 34.9 Å². The molecule has 7 nitrogen and oxygen atoms in total. The summed E-state index contributed by atoms with van der Waals surface area (Å²) in [7, 11) is -2.32. The molecule has 1 saturated heterocycles. The highest BCUT2D eigenvalue weighted by Crippen LogP contribution is 2.25. The number of nitrogens with zero attached hydrogens (tertiary/aromatic N) is 1. The molecule has 2 heterocycles. The summed E-state index contributed by atoms with van der Waals surface area (Å²) in [5.41, 5.74) is 2.95. The normalized spacial score (nSPS) is 16.7. The van der Waals surface area contributed by atoms with Gasteiger partial charge in [-0.05, 0) is 74.2 Å². The number of aromatic nitrogens is 1. The number of fused-ring (bicyclic) bond motifs is 1. The van der Waals surface area contributed by atoms with Gasteiger partial charge in [0.05, 0.1) is 18.1 Å². The smallest absolute Gasteiger partial charge is 0.252 e. The lowest BCUT2D eigenvalue weighted by atomic mass is 10.0. The molecule has 1 aromatic heterocycles. The van der Waals surface area contributed by atoms with Crippen molar-refractivity contribution in [3.8, 4) is 5.75 Å². The molecule has 1 fully saturated rings. The van der Waals surface area contributed by atoms with Crippen LogP contribution in [-0.4, -0.2) is 44.1 Å². The number of aromatic amines is 1. The molecule has 0 radical (unpaired) electrons. The number of hydrogen-bond donors (Lipinski definition) is 1. The van der Waals surface area contributed by atoms with E-state index in [9.17, 15) is 13.2 Å². The molecule has 1 aliphatic heterocycles. The maximum absolute atomic E-state index is 13.5. The predicted molar refractivity (Wildman–Crippen MR) is 124 cm³/mol. The van der Waals surface area contributed by atoms with Crippen molar-refractivity contribution < 1.29 is 17.9 Å². The first kappa shape index (κ1) is 22.5. The molecule has 1 atom stereocenters. The zero-order valence-electron chi connectivity index (χ0n) is 18.6. The van der Waals surface area contributed by atoms with Crippen molar-refractivity contribution in [3.63, 3.8) is 0 Å². The Balaban J connectivity index is 1.73. The first-order chi connectivity index (χ1) is 15.3. The highest BCUT2D eigenvalue weighted by atomic mass is 32.2. The van der Waals surface area contributed by atoms with Gasteiger partial charge in [-0.2, -0.15) is 4.31 Å². The van der Waals surface area contributed by atoms with Crippen LogP contribution < -0.4 is 10.3 Å². The highest BCUT2D eigenvalue weighted by molar-refractivity contribution is 7.89. The Morgan fingerprint density at radius 3 is 2.56 bits per heavy atom. The van der Waals surface area contributed by atoms with Gasteiger partial charge in [-0.1, -0.05) is 6.07 Å². The minimum absolute atomic E-state index is 0.0349. The third-order valence-electron chi connectivity index (χ3n) is 5.86. The molecule has 4 rings (SSSR count). The van der Waals surface area contributed by atoms with Gasteiger partial charge < -0.3 is 14.5 Å². The Kier molecular flexibility index (Phi) is 6.37. The zero-order valence-corrected chi connectivity index (χ0v) is 19.4. The first-order valence-electron chi connectivity index (χ1n) is 10.7. The second-order valence-corrected chi connectivity index (χ2v) is 10.2. The molecule has 170 valence electrons. The van der Waals surface area contributed by atoms with Crippen molar-refractivity contribution in [1.82, 2.24) is 9.29 Å². The molecular formula is C24H28N2O5S. The van der Waals surface area contributed by atoms with Gasteiger partial charge in [0, 0.05) is 36.2 Å². The summed E-state index contributed by atoms with van der Waals surface area (Å²) >= 11 is 0. The molecule has 3 aromatic rings. The van der Waals surface area contributed by atoms with Crippen LogP contribution in [0.5, 0.6) is 5.75 Å². The lowest BCUT2D eigenvalue weighted by Gasteiger charge is -2.25. The van der Waals surface area contributed by atoms with Crippen molar-refractivity contribution in [1.29, 1.82) is 0 Å². The monoisotopic (exact) mass is 456 g/mol. The van der Waals surface area contributed by atoms with Crippen molar-refractivity contribution in [3.05, 3.63) is 69.5 Å². The number of nitrogens with one attached hydrogen (secondary N) is 1. The third kappa shape index (κ3) is 4.57. The van der Waals surface area contributed by atoms with E-state index in [-0.39, 0.29) is 29.6 Å². The molecular weight excluding hydrogens is 428 g/mol. The van der Waals surface area contributed by atoms with Crippen molar-refractivity contribution >= 4 is 20.9 Å². The molecule has 1 aliphatic rings. The molecule has 0 bridgehead atoms. The van der Waals surface area contributed by atoms with Crippen LogP contribution in [-0.2, 0) is 21.3 Å². The molecule has 32 heavy (non-hydrogen) atoms. The van der Waals surface area contributed by atoms with Crippen molar-refractivity contribution in [2.75, 3.05) is 20.3 Å². The quantitative estimate of drug-likeness (QED) is 0.588. The molecule has 8 heteroatoms. The third-order valence-corrected chi connectivity index (χ3v) is 7.69. The lowest BCUT2D eigenvalue weighted by molar-refractivity contribution is 0.0925. The average molecular weight is 457 g/mol. The summed E-state index contributed by atoms with van der Waals surface area (Å²) in [6.45, 7) is 4.74. The minimum Gasteiger partial charge on any atom is -0.497 e. The van der Waals surface area contributed by atoms with Gasteiger partial charge in [-0.25, -0.2) is 8.42 Å². The van der Waals surface area contributed by atoms with E-state index in [1.54, 1.807) is 18.2 Å². The molecule has 0 amide bonds. The number of aryl methyl sites for hydroxylation is 2. The molecule has 0 aliphatic carbocycles. The number of methoxy groups -OCH3 is 1. The maximum Gasteiger partial charge on any atom is 0.252 e. The largest absolute Gasteiger partial charge is 0.497 e. The predicted octanol–water partition coefficient (Wildman–Crippen LogP) is 3.52. The number of sulfonamides is 1. The van der Waals surface area contributed by atoms with Crippen LogP contribution in [0.2, 0.25) is 0 Å². The number of benzene rings is 2. The van der Waals surface area contributed by atoms with Crippen LogP contribution in [0.3, 0.4) is 0 Å². The fourth-order valence-corrected chi connectivity index (χ4v) is 5.63. The molecule has 0 spiro atoms. The average Bonchev–Trinajstić information content (AvgIpc) is 3.27. The van der Waals surface area contributed by atoms with Gasteiger partial charge in [0.1, 0.15) is 5.75 Å². The lowest BCUT2D eigenvalue weighted by Crippen LogP contribution is -2.38. The van der Waals surface area contributed by atoms with E-state index in [4.69, 9.17) is 9.47 Å². The fraction of sp³-hybridized carbons (Fsp3) is 0.375. The summed E-state index contributed by atoms with van der Waals surface area (Å²) in [6.07, 6.45) is 1.50. The standard InChI is InChI=1S/C24H28N2O5S/c1-16-11-17(2)22-13-18(24(27)25-23(22)12-16)14-26(15-20-5-4-10-31-20)32(28,29)21-8-6-19(30-3)7-9-21/h6-9,11-13,20H,4-5,10,14-15H2,1-3H3,(H,25,27)/t20-/m1/s1. The number of H-pyrrole nitrogens is 1. The summed E-state index contributed by atoms with van der Waals surface area (Å²) < 4.78 is 39.3. The second kappa shape index (κ2) is 9.05. The van der Waals surface area contributed by atoms with Crippen LogP contribution in [0.15, 0.2) is 52.2 Å². The Morgan fingerprint density at radius 2 is 1.91 bits per heavy atom. The Morgan fingerprint density at radius 1 is 1.16 bits per heavy atom. The van der Waals surface area contributed by atoms with E-state index < -0.39 is 10.0 Å². The van der Waals surface area contributed by atoms with Crippen LogP contribution in [0.4, 0.5) is 0 Å². The van der Waals surface area contributed by atoms with Crippen molar-refractivity contribution in [2.45, 2.75) is 44.2 Å². The summed E-state index contributed by atoms with van der Waals surface area (Å²) in [5.74, 6) is 0.575. The van der Waals surface area contributed by atoms with Gasteiger partial charge in [0.25, 0.3) is 5.56 Å². The van der Waals surface area contributed by atoms with E-state index in [1.165, 1.54) is 23.5 Å². The molecule has 0 saturated carbocycles. The van der Waals surface area contributed by atoms with Gasteiger partial charge in [-0.15, -0.1) is 0 Å². The van der Waals surface area contributed by atoms with Crippen LogP contribution >= 0.6 is 0 Å². The molecule has 1 N–H and O–H groups in total. The van der Waals surface area contributed by atoms with Gasteiger partial charge >= 0.3 is 0 Å². The zero-order chi connectivity index (χ0) is 22.9. The second-order valence-electron chi connectivity index (χ2n) is 8.27. The summed E-state index contributed by atoms with van der Waals surface area (Å²) in [4.78, 5) is 15.9. The van der Waals surface area contributed by atoms with E-state index in [1.807, 2.05) is 26.0 Å². The van der Waals surface area contributed by atoms with Gasteiger partial charge in [-0.3, -0.25) is 4.79 Å². The Labute approximate surface area is 188 Å². The summed E-state index contributed by atoms with van der Waals surface area (Å²) in [6, 6.07) is 12.0. The van der Waals surface area contributed by atoms with Crippen molar-refractivity contribution in [2.24, 2.45) is 0 Å². The van der Waals surface area contributed by atoms with Crippen LogP contribution in [0.1, 0.15) is 29.5 Å². The van der Waals surface area contributed by atoms with E-state index >= 15 is 0 Å². The number of pyridine rings is 1.